The van der Waals surface area contributed by atoms with Crippen molar-refractivity contribution < 1.29 is 8.42 Å². The van der Waals surface area contributed by atoms with E-state index in [1.165, 1.54) is 6.08 Å². The lowest BCUT2D eigenvalue weighted by atomic mass is 9.78. The van der Waals surface area contributed by atoms with Crippen molar-refractivity contribution >= 4 is 10.0 Å². The fourth-order valence-electron chi connectivity index (χ4n) is 2.04. The van der Waals surface area contributed by atoms with Crippen LogP contribution in [0.1, 0.15) is 26.7 Å². The average molecular weight is 246 g/mol. The van der Waals surface area contributed by atoms with Gasteiger partial charge in [-0.05, 0) is 24.8 Å². The summed E-state index contributed by atoms with van der Waals surface area (Å²) in [5, 5.41) is 3.37. The van der Waals surface area contributed by atoms with Gasteiger partial charge in [-0.1, -0.05) is 19.9 Å². The SMILES string of the molecule is C=CCS(=O)(=O)NCC1NCCCC1(C)C. The van der Waals surface area contributed by atoms with E-state index in [4.69, 9.17) is 0 Å². The molecule has 1 unspecified atom stereocenters. The van der Waals surface area contributed by atoms with Gasteiger partial charge in [0.1, 0.15) is 0 Å². The number of piperidine rings is 1. The summed E-state index contributed by atoms with van der Waals surface area (Å²) in [5.41, 5.74) is 0.148. The molecule has 0 aromatic heterocycles. The molecule has 1 aliphatic heterocycles. The molecular formula is C11H22N2O2S. The molecule has 1 rings (SSSR count). The maximum absolute atomic E-state index is 11.5. The number of hydrogen-bond donors (Lipinski definition) is 2. The second kappa shape index (κ2) is 5.29. The van der Waals surface area contributed by atoms with Crippen molar-refractivity contribution in [1.29, 1.82) is 0 Å². The van der Waals surface area contributed by atoms with Crippen LogP contribution in [-0.2, 0) is 10.0 Å². The Morgan fingerprint density at radius 3 is 2.81 bits per heavy atom. The van der Waals surface area contributed by atoms with E-state index in [2.05, 4.69) is 30.5 Å². The number of rotatable bonds is 5. The van der Waals surface area contributed by atoms with Crippen molar-refractivity contribution in [3.05, 3.63) is 12.7 Å². The van der Waals surface area contributed by atoms with Gasteiger partial charge in [-0.3, -0.25) is 0 Å². The lowest BCUT2D eigenvalue weighted by molar-refractivity contribution is 0.182. The molecule has 1 aliphatic rings. The molecule has 0 aromatic rings. The molecule has 0 saturated carbocycles. The predicted molar refractivity (Wildman–Crippen MR) is 66.8 cm³/mol. The lowest BCUT2D eigenvalue weighted by Crippen LogP contribution is -2.52. The largest absolute Gasteiger partial charge is 0.312 e. The summed E-state index contributed by atoms with van der Waals surface area (Å²) in [6.45, 7) is 9.21. The minimum absolute atomic E-state index is 0.0137. The Kier molecular flexibility index (Phi) is 4.52. The van der Waals surface area contributed by atoms with Gasteiger partial charge >= 0.3 is 0 Å². The highest BCUT2D eigenvalue weighted by Gasteiger charge is 2.32. The quantitative estimate of drug-likeness (QED) is 0.708. The molecule has 1 fully saturated rings. The number of nitrogens with one attached hydrogen (secondary N) is 2. The van der Waals surface area contributed by atoms with E-state index in [1.54, 1.807) is 0 Å². The molecule has 0 radical (unpaired) electrons. The van der Waals surface area contributed by atoms with E-state index in [0.717, 1.165) is 19.4 Å². The molecule has 16 heavy (non-hydrogen) atoms. The fourth-order valence-corrected chi connectivity index (χ4v) is 2.89. The molecule has 0 bridgehead atoms. The Bertz CT molecular complexity index is 336. The first kappa shape index (κ1) is 13.7. The van der Waals surface area contributed by atoms with Crippen LogP contribution >= 0.6 is 0 Å². The van der Waals surface area contributed by atoms with E-state index in [9.17, 15) is 8.42 Å². The van der Waals surface area contributed by atoms with Crippen LogP contribution in [0.3, 0.4) is 0 Å². The minimum Gasteiger partial charge on any atom is -0.312 e. The van der Waals surface area contributed by atoms with Crippen LogP contribution in [-0.4, -0.2) is 33.3 Å². The highest BCUT2D eigenvalue weighted by Crippen LogP contribution is 2.29. The van der Waals surface area contributed by atoms with Crippen molar-refractivity contribution in [3.63, 3.8) is 0 Å². The summed E-state index contributed by atoms with van der Waals surface area (Å²) < 4.78 is 25.6. The van der Waals surface area contributed by atoms with Crippen LogP contribution in [0, 0.1) is 5.41 Å². The maximum atomic E-state index is 11.5. The molecule has 0 spiro atoms. The molecule has 94 valence electrons. The smallest absolute Gasteiger partial charge is 0.215 e. The number of sulfonamides is 1. The molecule has 0 amide bonds. The van der Waals surface area contributed by atoms with Crippen molar-refractivity contribution in [2.75, 3.05) is 18.8 Å². The van der Waals surface area contributed by atoms with E-state index < -0.39 is 10.0 Å². The van der Waals surface area contributed by atoms with Gasteiger partial charge in [-0.15, -0.1) is 6.58 Å². The van der Waals surface area contributed by atoms with Crippen molar-refractivity contribution in [2.45, 2.75) is 32.7 Å². The van der Waals surface area contributed by atoms with E-state index in [0.29, 0.717) is 6.54 Å². The first-order valence-corrected chi connectivity index (χ1v) is 7.34. The van der Waals surface area contributed by atoms with E-state index in [1.807, 2.05) is 0 Å². The third-order valence-corrected chi connectivity index (χ3v) is 4.46. The minimum atomic E-state index is -3.19. The van der Waals surface area contributed by atoms with Crippen LogP contribution in [0.25, 0.3) is 0 Å². The van der Waals surface area contributed by atoms with Crippen molar-refractivity contribution in [3.8, 4) is 0 Å². The average Bonchev–Trinajstić information content (AvgIpc) is 2.15. The standard InChI is InChI=1S/C11H22N2O2S/c1-4-8-16(14,15)13-9-10-11(2,3)6-5-7-12-10/h4,10,12-13H,1,5-9H2,2-3H3. The molecule has 1 saturated heterocycles. The van der Waals surface area contributed by atoms with Crippen LogP contribution in [0.5, 0.6) is 0 Å². The first-order valence-electron chi connectivity index (χ1n) is 5.69. The summed E-state index contributed by atoms with van der Waals surface area (Å²) in [5.74, 6) is -0.0137. The predicted octanol–water partition coefficient (Wildman–Crippen LogP) is 0.870. The summed E-state index contributed by atoms with van der Waals surface area (Å²) >= 11 is 0. The van der Waals surface area contributed by atoms with Crippen LogP contribution in [0.15, 0.2) is 12.7 Å². The fraction of sp³-hybridized carbons (Fsp3) is 0.818. The van der Waals surface area contributed by atoms with Gasteiger partial charge in [0, 0.05) is 12.6 Å². The van der Waals surface area contributed by atoms with Gasteiger partial charge in [-0.2, -0.15) is 0 Å². The molecule has 0 aliphatic carbocycles. The first-order chi connectivity index (χ1) is 7.37. The van der Waals surface area contributed by atoms with Gasteiger partial charge in [0.25, 0.3) is 0 Å². The summed E-state index contributed by atoms with van der Waals surface area (Å²) in [7, 11) is -3.19. The molecule has 1 atom stereocenters. The zero-order chi connectivity index (χ0) is 12.2. The van der Waals surface area contributed by atoms with Crippen molar-refractivity contribution in [2.24, 2.45) is 5.41 Å². The van der Waals surface area contributed by atoms with Gasteiger partial charge in [0.15, 0.2) is 0 Å². The lowest BCUT2D eigenvalue weighted by Gasteiger charge is -2.39. The van der Waals surface area contributed by atoms with Gasteiger partial charge in [0.05, 0.1) is 5.75 Å². The monoisotopic (exact) mass is 246 g/mol. The summed E-state index contributed by atoms with van der Waals surface area (Å²) in [6.07, 6.45) is 3.69. The zero-order valence-corrected chi connectivity index (χ0v) is 10.9. The second-order valence-corrected chi connectivity index (χ2v) is 6.87. The Morgan fingerprint density at radius 2 is 2.25 bits per heavy atom. The van der Waals surface area contributed by atoms with Crippen LogP contribution < -0.4 is 10.0 Å². The number of hydrogen-bond acceptors (Lipinski definition) is 3. The normalized spacial score (nSPS) is 25.2. The Morgan fingerprint density at radius 1 is 1.56 bits per heavy atom. The Labute approximate surface area is 98.6 Å². The third kappa shape index (κ3) is 3.88. The van der Waals surface area contributed by atoms with E-state index in [-0.39, 0.29) is 17.2 Å². The summed E-state index contributed by atoms with van der Waals surface area (Å²) in [4.78, 5) is 0. The van der Waals surface area contributed by atoms with Gasteiger partial charge in [-0.25, -0.2) is 13.1 Å². The Balaban J connectivity index is 2.51. The third-order valence-electron chi connectivity index (χ3n) is 3.18. The van der Waals surface area contributed by atoms with Crippen LogP contribution in [0.2, 0.25) is 0 Å². The topological polar surface area (TPSA) is 58.2 Å². The van der Waals surface area contributed by atoms with Crippen molar-refractivity contribution in [1.82, 2.24) is 10.0 Å². The van der Waals surface area contributed by atoms with Crippen LogP contribution in [0.4, 0.5) is 0 Å². The maximum Gasteiger partial charge on any atom is 0.215 e. The highest BCUT2D eigenvalue weighted by atomic mass is 32.2. The molecule has 1 heterocycles. The molecule has 0 aromatic carbocycles. The van der Waals surface area contributed by atoms with Gasteiger partial charge in [0.2, 0.25) is 10.0 Å². The zero-order valence-electron chi connectivity index (χ0n) is 10.1. The highest BCUT2D eigenvalue weighted by molar-refractivity contribution is 7.89. The molecule has 2 N–H and O–H groups in total. The van der Waals surface area contributed by atoms with E-state index >= 15 is 0 Å². The summed E-state index contributed by atoms with van der Waals surface area (Å²) in [6, 6.07) is 0.209. The second-order valence-electron chi connectivity index (χ2n) is 5.02. The molecule has 4 nitrogen and oxygen atoms in total. The Hall–Kier alpha value is -0.390. The van der Waals surface area contributed by atoms with Gasteiger partial charge < -0.3 is 5.32 Å². The molecular weight excluding hydrogens is 224 g/mol. The molecule has 5 heteroatoms.